The van der Waals surface area contributed by atoms with E-state index in [1.807, 2.05) is 0 Å². The number of nitro benzene ring substituents is 1. The van der Waals surface area contributed by atoms with Gasteiger partial charge in [0.25, 0.3) is 5.69 Å². The van der Waals surface area contributed by atoms with Gasteiger partial charge in [-0.3, -0.25) is 10.1 Å². The van der Waals surface area contributed by atoms with Gasteiger partial charge in [-0.15, -0.1) is 0 Å². The molecule has 0 heterocycles. The van der Waals surface area contributed by atoms with Crippen molar-refractivity contribution < 1.29 is 18.1 Å². The molecule has 0 aliphatic carbocycles. The van der Waals surface area contributed by atoms with Gasteiger partial charge in [0.15, 0.2) is 0 Å². The minimum absolute atomic E-state index is 0.0670. The fraction of sp³-hybridized carbons (Fsp3) is 0.143. The molecule has 22 heavy (non-hydrogen) atoms. The van der Waals surface area contributed by atoms with Gasteiger partial charge in [-0.2, -0.15) is 13.2 Å². The van der Waals surface area contributed by atoms with Crippen LogP contribution in [0.5, 0.6) is 0 Å². The number of anilines is 2. The number of rotatable bonds is 3. The molecular formula is C14H10ClF3N2O2. The van der Waals surface area contributed by atoms with Crippen LogP contribution in [0.2, 0.25) is 5.02 Å². The Kier molecular flexibility index (Phi) is 4.27. The fourth-order valence-corrected chi connectivity index (χ4v) is 2.17. The summed E-state index contributed by atoms with van der Waals surface area (Å²) in [6, 6.07) is 9.03. The Balaban J connectivity index is 2.31. The summed E-state index contributed by atoms with van der Waals surface area (Å²) >= 11 is 5.68. The van der Waals surface area contributed by atoms with Crippen molar-refractivity contribution in [1.29, 1.82) is 0 Å². The van der Waals surface area contributed by atoms with E-state index in [9.17, 15) is 23.3 Å². The molecule has 0 unspecified atom stereocenters. The van der Waals surface area contributed by atoms with Crippen molar-refractivity contribution >= 4 is 28.7 Å². The van der Waals surface area contributed by atoms with E-state index >= 15 is 0 Å². The zero-order valence-corrected chi connectivity index (χ0v) is 12.0. The van der Waals surface area contributed by atoms with Crippen molar-refractivity contribution in [3.05, 3.63) is 63.2 Å². The molecule has 0 bridgehead atoms. The summed E-state index contributed by atoms with van der Waals surface area (Å²) in [6.07, 6.45) is -4.51. The van der Waals surface area contributed by atoms with Crippen LogP contribution in [0.1, 0.15) is 5.56 Å². The smallest absolute Gasteiger partial charge is 0.345 e. The van der Waals surface area contributed by atoms with E-state index < -0.39 is 21.7 Å². The van der Waals surface area contributed by atoms with E-state index in [1.165, 1.54) is 36.4 Å². The molecule has 0 saturated heterocycles. The molecular weight excluding hydrogens is 321 g/mol. The first-order valence-electron chi connectivity index (χ1n) is 6.05. The highest BCUT2D eigenvalue weighted by atomic mass is 35.5. The average Bonchev–Trinajstić information content (AvgIpc) is 2.45. The van der Waals surface area contributed by atoms with E-state index in [0.29, 0.717) is 11.4 Å². The lowest BCUT2D eigenvalue weighted by Gasteiger charge is -2.20. The molecule has 0 spiro atoms. The second-order valence-corrected chi connectivity index (χ2v) is 4.90. The topological polar surface area (TPSA) is 46.4 Å². The summed E-state index contributed by atoms with van der Waals surface area (Å²) in [5.41, 5.74) is 0.0471. The molecule has 0 aliphatic rings. The van der Waals surface area contributed by atoms with Gasteiger partial charge in [0.2, 0.25) is 0 Å². The summed E-state index contributed by atoms with van der Waals surface area (Å²) in [5.74, 6) is 0. The standard InChI is InChI=1S/C14H10ClF3N2O2/c1-19(9-2-4-10(5-3-9)20(21)22)11-6-7-12(13(15)8-11)14(16,17)18/h2-8H,1H3. The van der Waals surface area contributed by atoms with Crippen molar-refractivity contribution in [3.63, 3.8) is 0 Å². The molecule has 0 atom stereocenters. The van der Waals surface area contributed by atoms with E-state index in [2.05, 4.69) is 0 Å². The van der Waals surface area contributed by atoms with Gasteiger partial charge >= 0.3 is 6.18 Å². The molecule has 0 aromatic heterocycles. The number of nitro groups is 1. The molecule has 0 amide bonds. The summed E-state index contributed by atoms with van der Waals surface area (Å²) in [5, 5.41) is 10.2. The number of non-ortho nitro benzene ring substituents is 1. The normalized spacial score (nSPS) is 11.3. The van der Waals surface area contributed by atoms with Crippen LogP contribution in [0.4, 0.5) is 30.2 Å². The Hall–Kier alpha value is -2.28. The Morgan fingerprint density at radius 3 is 2.09 bits per heavy atom. The molecule has 0 radical (unpaired) electrons. The quantitative estimate of drug-likeness (QED) is 0.585. The third kappa shape index (κ3) is 3.30. The molecule has 0 fully saturated rings. The molecule has 2 rings (SSSR count). The number of nitrogens with zero attached hydrogens (tertiary/aromatic N) is 2. The van der Waals surface area contributed by atoms with Crippen LogP contribution in [-0.4, -0.2) is 12.0 Å². The van der Waals surface area contributed by atoms with Crippen LogP contribution >= 0.6 is 11.6 Å². The summed E-state index contributed by atoms with van der Waals surface area (Å²) in [6.45, 7) is 0. The molecule has 4 nitrogen and oxygen atoms in total. The van der Waals surface area contributed by atoms with Gasteiger partial charge in [-0.1, -0.05) is 11.6 Å². The van der Waals surface area contributed by atoms with Crippen LogP contribution < -0.4 is 4.90 Å². The maximum absolute atomic E-state index is 12.7. The van der Waals surface area contributed by atoms with Crippen molar-refractivity contribution in [2.75, 3.05) is 11.9 Å². The summed E-state index contributed by atoms with van der Waals surface area (Å²) in [7, 11) is 1.63. The highest BCUT2D eigenvalue weighted by molar-refractivity contribution is 6.31. The number of benzene rings is 2. The minimum atomic E-state index is -4.51. The van der Waals surface area contributed by atoms with Crippen molar-refractivity contribution in [1.82, 2.24) is 0 Å². The van der Waals surface area contributed by atoms with Gasteiger partial charge in [-0.25, -0.2) is 0 Å². The lowest BCUT2D eigenvalue weighted by molar-refractivity contribution is -0.384. The van der Waals surface area contributed by atoms with Crippen molar-refractivity contribution in [3.8, 4) is 0 Å². The molecule has 0 aliphatic heterocycles. The monoisotopic (exact) mass is 330 g/mol. The van der Waals surface area contributed by atoms with E-state index in [4.69, 9.17) is 11.6 Å². The van der Waals surface area contributed by atoms with Gasteiger partial charge in [0.1, 0.15) is 0 Å². The largest absolute Gasteiger partial charge is 0.417 e. The lowest BCUT2D eigenvalue weighted by Crippen LogP contribution is -2.11. The highest BCUT2D eigenvalue weighted by Gasteiger charge is 2.33. The van der Waals surface area contributed by atoms with Crippen LogP contribution in [0.25, 0.3) is 0 Å². The zero-order chi connectivity index (χ0) is 16.5. The average molecular weight is 331 g/mol. The van der Waals surface area contributed by atoms with Gasteiger partial charge in [0, 0.05) is 30.6 Å². The van der Waals surface area contributed by atoms with Gasteiger partial charge < -0.3 is 4.90 Å². The molecule has 116 valence electrons. The van der Waals surface area contributed by atoms with Crippen LogP contribution in [0, 0.1) is 10.1 Å². The second-order valence-electron chi connectivity index (χ2n) is 4.49. The predicted molar refractivity (Wildman–Crippen MR) is 77.6 cm³/mol. The van der Waals surface area contributed by atoms with Crippen LogP contribution in [-0.2, 0) is 6.18 Å². The van der Waals surface area contributed by atoms with Crippen molar-refractivity contribution in [2.45, 2.75) is 6.18 Å². The van der Waals surface area contributed by atoms with Crippen LogP contribution in [0.15, 0.2) is 42.5 Å². The molecule has 2 aromatic rings. The maximum Gasteiger partial charge on any atom is 0.417 e. The minimum Gasteiger partial charge on any atom is -0.345 e. The Morgan fingerprint density at radius 2 is 1.64 bits per heavy atom. The van der Waals surface area contributed by atoms with Gasteiger partial charge in [-0.05, 0) is 30.3 Å². The Bertz CT molecular complexity index is 702. The summed E-state index contributed by atoms with van der Waals surface area (Å²) in [4.78, 5) is 11.6. The first kappa shape index (κ1) is 16.1. The third-order valence-electron chi connectivity index (χ3n) is 3.09. The SMILES string of the molecule is CN(c1ccc([N+](=O)[O-])cc1)c1ccc(C(F)(F)F)c(Cl)c1. The third-order valence-corrected chi connectivity index (χ3v) is 3.41. The zero-order valence-electron chi connectivity index (χ0n) is 11.3. The number of hydrogen-bond donors (Lipinski definition) is 0. The first-order valence-corrected chi connectivity index (χ1v) is 6.43. The molecule has 8 heteroatoms. The molecule has 2 aromatic carbocycles. The predicted octanol–water partition coefficient (Wildman–Crippen LogP) is 5.03. The fourth-order valence-electron chi connectivity index (χ4n) is 1.89. The van der Waals surface area contributed by atoms with E-state index in [0.717, 1.165) is 6.07 Å². The Labute approximate surface area is 128 Å². The maximum atomic E-state index is 12.7. The first-order chi connectivity index (χ1) is 10.2. The van der Waals surface area contributed by atoms with Gasteiger partial charge in [0.05, 0.1) is 15.5 Å². The Morgan fingerprint density at radius 1 is 1.09 bits per heavy atom. The molecule has 0 saturated carbocycles. The number of hydrogen-bond acceptors (Lipinski definition) is 3. The molecule has 0 N–H and O–H groups in total. The number of halogens is 4. The lowest BCUT2D eigenvalue weighted by atomic mass is 10.1. The van der Waals surface area contributed by atoms with Crippen LogP contribution in [0.3, 0.4) is 0 Å². The number of alkyl halides is 3. The summed E-state index contributed by atoms with van der Waals surface area (Å²) < 4.78 is 38.0. The van der Waals surface area contributed by atoms with E-state index in [1.54, 1.807) is 11.9 Å². The highest BCUT2D eigenvalue weighted by Crippen LogP contribution is 2.37. The second kappa shape index (κ2) is 5.84. The van der Waals surface area contributed by atoms with Crippen molar-refractivity contribution in [2.24, 2.45) is 0 Å². The van der Waals surface area contributed by atoms with E-state index in [-0.39, 0.29) is 5.69 Å².